The number of rotatable bonds is 37. The first-order chi connectivity index (χ1) is 24.8. The lowest BCUT2D eigenvalue weighted by atomic mass is 10.0. The van der Waals surface area contributed by atoms with Crippen LogP contribution < -0.4 is 10.6 Å². The molecule has 0 aliphatic heterocycles. The van der Waals surface area contributed by atoms with Gasteiger partial charge in [0.1, 0.15) is 12.1 Å². The van der Waals surface area contributed by atoms with Crippen LogP contribution in [0.4, 0.5) is 0 Å². The second kappa shape index (κ2) is 37.1. The standard InChI is InChI=1S/C42H76N2O7/c1-3-5-7-9-10-11-12-13-14-15-16-17-18-19-20-21-22-24-30-34-41(48)51-37(31-27-23-8-6-4-2)32-28-25-26-29-33-39(46)43-35-40(47)44-38(36-45)42(49)50/h10-11,13-14,37-38,45H,3-9,12,15-36H2,1-2H3,(H,43,46)(H,44,47)(H,49,50)/b11-10-,14-13-. The van der Waals surface area contributed by atoms with Crippen LogP contribution in [0.3, 0.4) is 0 Å². The van der Waals surface area contributed by atoms with Crippen molar-refractivity contribution in [2.24, 2.45) is 0 Å². The molecule has 51 heavy (non-hydrogen) atoms. The summed E-state index contributed by atoms with van der Waals surface area (Å²) in [6, 6.07) is -1.38. The van der Waals surface area contributed by atoms with E-state index < -0.39 is 24.5 Å². The zero-order chi connectivity index (χ0) is 37.6. The number of aliphatic hydroxyl groups excluding tert-OH is 1. The smallest absolute Gasteiger partial charge is 0.328 e. The maximum Gasteiger partial charge on any atom is 0.328 e. The number of nitrogens with one attached hydrogen (secondary N) is 2. The number of esters is 1. The second-order valence-corrected chi connectivity index (χ2v) is 14.1. The number of amides is 2. The van der Waals surface area contributed by atoms with Gasteiger partial charge in [-0.25, -0.2) is 4.79 Å². The van der Waals surface area contributed by atoms with E-state index in [0.29, 0.717) is 12.8 Å². The topological polar surface area (TPSA) is 142 Å². The summed E-state index contributed by atoms with van der Waals surface area (Å²) < 4.78 is 5.94. The van der Waals surface area contributed by atoms with Crippen molar-refractivity contribution in [3.63, 3.8) is 0 Å². The molecule has 0 aliphatic carbocycles. The van der Waals surface area contributed by atoms with E-state index in [2.05, 4.69) is 48.8 Å². The Balaban J connectivity index is 4.03. The molecule has 0 aromatic carbocycles. The number of aliphatic hydroxyl groups is 1. The molecule has 0 fully saturated rings. The minimum atomic E-state index is -1.38. The Kier molecular flexibility index (Phi) is 35.1. The van der Waals surface area contributed by atoms with E-state index in [9.17, 15) is 19.2 Å². The first-order valence-corrected chi connectivity index (χ1v) is 20.7. The highest BCUT2D eigenvalue weighted by molar-refractivity contribution is 5.87. The Morgan fingerprint density at radius 3 is 1.61 bits per heavy atom. The quantitative estimate of drug-likeness (QED) is 0.0284. The van der Waals surface area contributed by atoms with Crippen molar-refractivity contribution in [1.29, 1.82) is 0 Å². The number of unbranched alkanes of at least 4 members (excludes halogenated alkanes) is 19. The molecule has 0 aromatic rings. The number of carboxylic acids is 1. The van der Waals surface area contributed by atoms with Gasteiger partial charge in [-0.15, -0.1) is 0 Å². The van der Waals surface area contributed by atoms with Crippen LogP contribution in [-0.4, -0.2) is 59.3 Å². The van der Waals surface area contributed by atoms with Gasteiger partial charge in [-0.3, -0.25) is 14.4 Å². The van der Waals surface area contributed by atoms with E-state index in [-0.39, 0.29) is 30.9 Å². The van der Waals surface area contributed by atoms with Crippen molar-refractivity contribution in [3.8, 4) is 0 Å². The molecule has 0 bridgehead atoms. The lowest BCUT2D eigenvalue weighted by Crippen LogP contribution is -2.47. The molecule has 2 unspecified atom stereocenters. The van der Waals surface area contributed by atoms with Crippen LogP contribution >= 0.6 is 0 Å². The van der Waals surface area contributed by atoms with E-state index in [1.54, 1.807) is 0 Å². The number of carbonyl (C=O) groups is 4. The summed E-state index contributed by atoms with van der Waals surface area (Å²) in [5, 5.41) is 22.5. The molecular weight excluding hydrogens is 644 g/mol. The third-order valence-corrected chi connectivity index (χ3v) is 9.20. The Labute approximate surface area is 311 Å². The number of carboxylic acid groups (broad SMARTS) is 1. The van der Waals surface area contributed by atoms with E-state index in [0.717, 1.165) is 57.8 Å². The molecule has 0 rings (SSSR count). The highest BCUT2D eigenvalue weighted by Crippen LogP contribution is 2.18. The molecule has 0 aromatic heterocycles. The Morgan fingerprint density at radius 2 is 1.06 bits per heavy atom. The Morgan fingerprint density at radius 1 is 0.588 bits per heavy atom. The van der Waals surface area contributed by atoms with E-state index in [4.69, 9.17) is 14.9 Å². The molecule has 2 amide bonds. The van der Waals surface area contributed by atoms with E-state index in [1.807, 2.05) is 0 Å². The number of hydrogen-bond donors (Lipinski definition) is 4. The monoisotopic (exact) mass is 721 g/mol. The molecule has 0 spiro atoms. The fraction of sp³-hybridized carbons (Fsp3) is 0.810. The van der Waals surface area contributed by atoms with Crippen LogP contribution in [0, 0.1) is 0 Å². The Bertz CT molecular complexity index is 921. The zero-order valence-electron chi connectivity index (χ0n) is 32.6. The lowest BCUT2D eigenvalue weighted by molar-refractivity contribution is -0.150. The van der Waals surface area contributed by atoms with Crippen molar-refractivity contribution in [2.45, 2.75) is 206 Å². The Hall–Kier alpha value is -2.68. The molecule has 9 nitrogen and oxygen atoms in total. The van der Waals surface area contributed by atoms with Gasteiger partial charge in [-0.2, -0.15) is 0 Å². The predicted octanol–water partition coefficient (Wildman–Crippen LogP) is 9.65. The number of hydrogen-bond acceptors (Lipinski definition) is 6. The van der Waals surface area contributed by atoms with Crippen molar-refractivity contribution in [3.05, 3.63) is 24.3 Å². The molecule has 4 N–H and O–H groups in total. The van der Waals surface area contributed by atoms with Gasteiger partial charge in [-0.05, 0) is 70.6 Å². The van der Waals surface area contributed by atoms with Crippen LogP contribution in [0.1, 0.15) is 194 Å². The van der Waals surface area contributed by atoms with Gasteiger partial charge in [-0.1, -0.05) is 134 Å². The van der Waals surface area contributed by atoms with Gasteiger partial charge in [0.25, 0.3) is 0 Å². The van der Waals surface area contributed by atoms with Gasteiger partial charge in [0.2, 0.25) is 11.8 Å². The summed E-state index contributed by atoms with van der Waals surface area (Å²) in [6.45, 7) is 3.40. The lowest BCUT2D eigenvalue weighted by Gasteiger charge is -2.18. The first-order valence-electron chi connectivity index (χ1n) is 20.7. The van der Waals surface area contributed by atoms with E-state index >= 15 is 0 Å². The first kappa shape index (κ1) is 48.3. The highest BCUT2D eigenvalue weighted by Gasteiger charge is 2.19. The molecule has 0 radical (unpaired) electrons. The molecule has 0 heterocycles. The second-order valence-electron chi connectivity index (χ2n) is 14.1. The number of aliphatic carboxylic acids is 1. The van der Waals surface area contributed by atoms with Crippen molar-refractivity contribution in [2.75, 3.05) is 13.2 Å². The van der Waals surface area contributed by atoms with Gasteiger partial charge < -0.3 is 25.6 Å². The third-order valence-electron chi connectivity index (χ3n) is 9.20. The van der Waals surface area contributed by atoms with Crippen LogP contribution in [0.25, 0.3) is 0 Å². The minimum absolute atomic E-state index is 0.0397. The molecular formula is C42H76N2O7. The molecule has 0 aliphatic rings. The SMILES string of the molecule is CCCCC/C=C\C/C=C\CCCCCCCCCCCC(=O)OC(CCCCCCC)CCCCCCC(=O)NCC(=O)NC(CO)C(=O)O. The largest absolute Gasteiger partial charge is 0.480 e. The molecule has 9 heteroatoms. The zero-order valence-corrected chi connectivity index (χ0v) is 32.6. The van der Waals surface area contributed by atoms with Crippen molar-refractivity contribution in [1.82, 2.24) is 10.6 Å². The van der Waals surface area contributed by atoms with Gasteiger partial charge in [0.15, 0.2) is 0 Å². The number of ether oxygens (including phenoxy) is 1. The van der Waals surface area contributed by atoms with Crippen LogP contribution in [0.5, 0.6) is 0 Å². The maximum atomic E-state index is 12.7. The average Bonchev–Trinajstić information content (AvgIpc) is 3.11. The van der Waals surface area contributed by atoms with Crippen molar-refractivity contribution < 1.29 is 34.1 Å². The van der Waals surface area contributed by atoms with Crippen LogP contribution in [0.2, 0.25) is 0 Å². The third kappa shape index (κ3) is 34.2. The van der Waals surface area contributed by atoms with Gasteiger partial charge >= 0.3 is 11.9 Å². The van der Waals surface area contributed by atoms with Gasteiger partial charge in [0, 0.05) is 12.8 Å². The van der Waals surface area contributed by atoms with Crippen LogP contribution in [0.15, 0.2) is 24.3 Å². The average molecular weight is 721 g/mol. The van der Waals surface area contributed by atoms with Crippen molar-refractivity contribution >= 4 is 23.8 Å². The fourth-order valence-corrected chi connectivity index (χ4v) is 5.98. The molecule has 0 saturated heterocycles. The normalized spacial score (nSPS) is 12.7. The summed E-state index contributed by atoms with van der Waals surface area (Å²) in [6.07, 6.45) is 39.4. The number of allylic oxidation sites excluding steroid dienone is 4. The summed E-state index contributed by atoms with van der Waals surface area (Å²) in [4.78, 5) is 47.4. The highest BCUT2D eigenvalue weighted by atomic mass is 16.5. The minimum Gasteiger partial charge on any atom is -0.480 e. The fourth-order valence-electron chi connectivity index (χ4n) is 5.98. The summed E-state index contributed by atoms with van der Waals surface area (Å²) >= 11 is 0. The van der Waals surface area contributed by atoms with Crippen LogP contribution in [-0.2, 0) is 23.9 Å². The van der Waals surface area contributed by atoms with E-state index in [1.165, 1.54) is 103 Å². The summed E-state index contributed by atoms with van der Waals surface area (Å²) in [5.41, 5.74) is 0. The molecule has 296 valence electrons. The number of carbonyl (C=O) groups excluding carboxylic acids is 3. The predicted molar refractivity (Wildman–Crippen MR) is 208 cm³/mol. The summed E-state index contributed by atoms with van der Waals surface area (Å²) in [7, 11) is 0. The summed E-state index contributed by atoms with van der Waals surface area (Å²) in [5.74, 6) is -2.34. The van der Waals surface area contributed by atoms with Gasteiger partial charge in [0.05, 0.1) is 13.2 Å². The molecule has 2 atom stereocenters. The maximum absolute atomic E-state index is 12.7. The molecule has 0 saturated carbocycles.